The molecule has 1 aromatic carbocycles. The van der Waals surface area contributed by atoms with Crippen molar-refractivity contribution in [2.45, 2.75) is 6.42 Å². The molecule has 18 heavy (non-hydrogen) atoms. The number of nitrogens with zero attached hydrogens (tertiary/aromatic N) is 1. The minimum absolute atomic E-state index is 0.00641. The number of carbonyl (C=O) groups is 1. The van der Waals surface area contributed by atoms with Crippen LogP contribution < -0.4 is 10.5 Å². The van der Waals surface area contributed by atoms with Crippen molar-refractivity contribution in [3.8, 4) is 5.75 Å². The van der Waals surface area contributed by atoms with Crippen molar-refractivity contribution in [3.05, 3.63) is 29.8 Å². The highest BCUT2D eigenvalue weighted by Crippen LogP contribution is 2.15. The lowest BCUT2D eigenvalue weighted by Crippen LogP contribution is -2.33. The zero-order chi connectivity index (χ0) is 13.5. The van der Waals surface area contributed by atoms with Crippen LogP contribution in [0.1, 0.15) is 6.42 Å². The van der Waals surface area contributed by atoms with Gasteiger partial charge in [-0.2, -0.15) is 0 Å². The number of likely N-dealkylation sites (N-methyl/N-ethyl adjacent to an activating group) is 1. The third kappa shape index (κ3) is 4.67. The van der Waals surface area contributed by atoms with E-state index in [9.17, 15) is 13.6 Å². The van der Waals surface area contributed by atoms with Gasteiger partial charge >= 0.3 is 0 Å². The average molecular weight is 258 g/mol. The summed E-state index contributed by atoms with van der Waals surface area (Å²) in [6, 6.07) is 2.79. The molecule has 1 rings (SSSR count). The molecule has 0 saturated heterocycles. The Hall–Kier alpha value is -1.69. The second-order valence-corrected chi connectivity index (χ2v) is 3.85. The molecule has 0 aliphatic rings. The van der Waals surface area contributed by atoms with Crippen molar-refractivity contribution in [2.75, 3.05) is 26.7 Å². The summed E-state index contributed by atoms with van der Waals surface area (Å²) in [6.45, 7) is 0.758. The summed E-state index contributed by atoms with van der Waals surface area (Å²) in [4.78, 5) is 13.0. The van der Waals surface area contributed by atoms with Crippen LogP contribution in [0.2, 0.25) is 0 Å². The van der Waals surface area contributed by atoms with Crippen molar-refractivity contribution < 1.29 is 18.3 Å². The first-order valence-electron chi connectivity index (χ1n) is 5.56. The fraction of sp³-hybridized carbons (Fsp3) is 0.417. The lowest BCUT2D eigenvalue weighted by Gasteiger charge is -2.16. The van der Waals surface area contributed by atoms with Gasteiger partial charge in [0.1, 0.15) is 17.4 Å². The first kappa shape index (κ1) is 14.4. The van der Waals surface area contributed by atoms with E-state index < -0.39 is 11.6 Å². The van der Waals surface area contributed by atoms with E-state index in [1.807, 2.05) is 0 Å². The fourth-order valence-electron chi connectivity index (χ4n) is 1.32. The van der Waals surface area contributed by atoms with Crippen molar-refractivity contribution in [3.63, 3.8) is 0 Å². The van der Waals surface area contributed by atoms with Gasteiger partial charge in [0, 0.05) is 31.8 Å². The van der Waals surface area contributed by atoms with E-state index in [4.69, 9.17) is 10.5 Å². The standard InChI is InChI=1S/C12H16F2N2O2/c1-16(4-2-3-15)12(17)8-18-11-6-9(13)5-10(14)7-11/h5-7H,2-4,8,15H2,1H3. The van der Waals surface area contributed by atoms with Crippen molar-refractivity contribution in [1.82, 2.24) is 4.90 Å². The van der Waals surface area contributed by atoms with E-state index >= 15 is 0 Å². The summed E-state index contributed by atoms with van der Waals surface area (Å²) in [6.07, 6.45) is 0.691. The lowest BCUT2D eigenvalue weighted by molar-refractivity contribution is -0.132. The number of hydrogen-bond donors (Lipinski definition) is 1. The predicted octanol–water partition coefficient (Wildman–Crippen LogP) is 1.15. The number of benzene rings is 1. The second-order valence-electron chi connectivity index (χ2n) is 3.85. The van der Waals surface area contributed by atoms with Crippen LogP contribution in [-0.2, 0) is 4.79 Å². The number of rotatable bonds is 6. The number of amides is 1. The van der Waals surface area contributed by atoms with Gasteiger partial charge < -0.3 is 15.4 Å². The molecule has 1 amide bonds. The number of ether oxygens (including phenoxy) is 1. The minimum atomic E-state index is -0.742. The molecule has 0 aliphatic heterocycles. The number of hydrogen-bond acceptors (Lipinski definition) is 3. The summed E-state index contributed by atoms with van der Waals surface area (Å²) < 4.78 is 30.7. The van der Waals surface area contributed by atoms with E-state index in [1.165, 1.54) is 4.90 Å². The molecule has 0 aliphatic carbocycles. The molecule has 0 atom stereocenters. The Bertz CT molecular complexity index is 393. The molecule has 0 radical (unpaired) electrons. The van der Waals surface area contributed by atoms with Gasteiger partial charge in [-0.05, 0) is 13.0 Å². The van der Waals surface area contributed by atoms with Gasteiger partial charge in [0.05, 0.1) is 0 Å². The predicted molar refractivity (Wildman–Crippen MR) is 63.2 cm³/mol. The van der Waals surface area contributed by atoms with E-state index in [0.717, 1.165) is 18.2 Å². The fourth-order valence-corrected chi connectivity index (χ4v) is 1.32. The Morgan fingerprint density at radius 2 is 1.94 bits per heavy atom. The Kier molecular flexibility index (Phi) is 5.51. The number of halogens is 2. The Labute approximate surface area is 104 Å². The maximum Gasteiger partial charge on any atom is 0.260 e. The molecule has 2 N–H and O–H groups in total. The van der Waals surface area contributed by atoms with E-state index in [1.54, 1.807) is 7.05 Å². The molecule has 0 unspecified atom stereocenters. The molecular weight excluding hydrogens is 242 g/mol. The summed E-state index contributed by atoms with van der Waals surface area (Å²) in [7, 11) is 1.62. The molecule has 0 aromatic heterocycles. The van der Waals surface area contributed by atoms with Crippen LogP contribution in [-0.4, -0.2) is 37.6 Å². The first-order valence-corrected chi connectivity index (χ1v) is 5.56. The van der Waals surface area contributed by atoms with Crippen molar-refractivity contribution in [1.29, 1.82) is 0 Å². The van der Waals surface area contributed by atoms with Gasteiger partial charge in [0.15, 0.2) is 6.61 Å². The molecule has 0 saturated carbocycles. The molecule has 1 aromatic rings. The summed E-state index contributed by atoms with van der Waals surface area (Å²) in [5.41, 5.74) is 5.32. The van der Waals surface area contributed by atoms with Gasteiger partial charge in [-0.3, -0.25) is 4.79 Å². The van der Waals surface area contributed by atoms with E-state index in [-0.39, 0.29) is 18.3 Å². The molecule has 100 valence electrons. The Morgan fingerprint density at radius 3 is 2.50 bits per heavy atom. The normalized spacial score (nSPS) is 10.2. The van der Waals surface area contributed by atoms with Crippen molar-refractivity contribution >= 4 is 5.91 Å². The quantitative estimate of drug-likeness (QED) is 0.832. The first-order chi connectivity index (χ1) is 8.52. The highest BCUT2D eigenvalue weighted by Gasteiger charge is 2.09. The molecule has 6 heteroatoms. The van der Waals surface area contributed by atoms with Gasteiger partial charge in [0.2, 0.25) is 0 Å². The minimum Gasteiger partial charge on any atom is -0.484 e. The molecule has 0 bridgehead atoms. The maximum absolute atomic E-state index is 12.8. The number of carbonyl (C=O) groups excluding carboxylic acids is 1. The second kappa shape index (κ2) is 6.90. The zero-order valence-corrected chi connectivity index (χ0v) is 10.2. The summed E-state index contributed by atoms with van der Waals surface area (Å²) >= 11 is 0. The SMILES string of the molecule is CN(CCCN)C(=O)COc1cc(F)cc(F)c1. The van der Waals surface area contributed by atoms with E-state index in [0.29, 0.717) is 19.5 Å². The largest absolute Gasteiger partial charge is 0.484 e. The van der Waals surface area contributed by atoms with Crippen LogP contribution in [0, 0.1) is 11.6 Å². The highest BCUT2D eigenvalue weighted by atomic mass is 19.1. The van der Waals surface area contributed by atoms with Gasteiger partial charge in [0.25, 0.3) is 5.91 Å². The molecule has 0 fully saturated rings. The Balaban J connectivity index is 2.46. The van der Waals surface area contributed by atoms with Crippen molar-refractivity contribution in [2.24, 2.45) is 5.73 Å². The molecule has 0 heterocycles. The molecule has 4 nitrogen and oxygen atoms in total. The highest BCUT2D eigenvalue weighted by molar-refractivity contribution is 5.77. The number of nitrogens with two attached hydrogens (primary N) is 1. The van der Waals surface area contributed by atoms with Crippen LogP contribution in [0.4, 0.5) is 8.78 Å². The van der Waals surface area contributed by atoms with Crippen LogP contribution in [0.3, 0.4) is 0 Å². The van der Waals surface area contributed by atoms with Gasteiger partial charge in [-0.1, -0.05) is 0 Å². The van der Waals surface area contributed by atoms with Crippen LogP contribution in [0.25, 0.3) is 0 Å². The Morgan fingerprint density at radius 1 is 1.33 bits per heavy atom. The van der Waals surface area contributed by atoms with Crippen LogP contribution in [0.15, 0.2) is 18.2 Å². The maximum atomic E-state index is 12.8. The smallest absolute Gasteiger partial charge is 0.260 e. The average Bonchev–Trinajstić information content (AvgIpc) is 2.31. The molecular formula is C12H16F2N2O2. The topological polar surface area (TPSA) is 55.6 Å². The van der Waals surface area contributed by atoms with Gasteiger partial charge in [-0.25, -0.2) is 8.78 Å². The van der Waals surface area contributed by atoms with Gasteiger partial charge in [-0.15, -0.1) is 0 Å². The summed E-state index contributed by atoms with van der Waals surface area (Å²) in [5.74, 6) is -1.76. The third-order valence-electron chi connectivity index (χ3n) is 2.32. The van der Waals surface area contributed by atoms with Crippen LogP contribution in [0.5, 0.6) is 5.75 Å². The molecule has 0 spiro atoms. The monoisotopic (exact) mass is 258 g/mol. The van der Waals surface area contributed by atoms with E-state index in [2.05, 4.69) is 0 Å². The zero-order valence-electron chi connectivity index (χ0n) is 10.2. The van der Waals surface area contributed by atoms with Crippen LogP contribution >= 0.6 is 0 Å². The lowest BCUT2D eigenvalue weighted by atomic mass is 10.3. The third-order valence-corrected chi connectivity index (χ3v) is 2.32. The summed E-state index contributed by atoms with van der Waals surface area (Å²) in [5, 5.41) is 0.